The highest BCUT2D eigenvalue weighted by molar-refractivity contribution is 5.98. The van der Waals surface area contributed by atoms with Gasteiger partial charge in [0.2, 0.25) is 0 Å². The summed E-state index contributed by atoms with van der Waals surface area (Å²) < 4.78 is 5.39. The van der Waals surface area contributed by atoms with Crippen LogP contribution in [0, 0.1) is 17.0 Å². The molecule has 0 aliphatic carbocycles. The van der Waals surface area contributed by atoms with Crippen molar-refractivity contribution in [2.24, 2.45) is 5.73 Å². The van der Waals surface area contributed by atoms with Crippen LogP contribution in [0.15, 0.2) is 18.2 Å². The summed E-state index contributed by atoms with van der Waals surface area (Å²) in [6.45, 7) is 3.12. The zero-order valence-electron chi connectivity index (χ0n) is 11.7. The van der Waals surface area contributed by atoms with E-state index < -0.39 is 4.92 Å². The minimum atomic E-state index is -0.510. The van der Waals surface area contributed by atoms with Crippen LogP contribution in [0.3, 0.4) is 0 Å². The predicted octanol–water partition coefficient (Wildman–Crippen LogP) is 1.12. The van der Waals surface area contributed by atoms with Crippen LogP contribution in [0.2, 0.25) is 0 Å². The summed E-state index contributed by atoms with van der Waals surface area (Å²) in [6.07, 6.45) is -0.212. The number of ether oxygens (including phenoxy) is 1. The van der Waals surface area contributed by atoms with Gasteiger partial charge in [-0.05, 0) is 13.0 Å². The molecule has 1 fully saturated rings. The van der Waals surface area contributed by atoms with Crippen molar-refractivity contribution in [2.75, 3.05) is 26.2 Å². The second-order valence-corrected chi connectivity index (χ2v) is 4.71. The Morgan fingerprint density at radius 3 is 2.90 bits per heavy atom. The molecule has 0 spiro atoms. The molecule has 1 aromatic rings. The first-order chi connectivity index (χ1) is 9.54. The minimum absolute atomic E-state index is 0. The lowest BCUT2D eigenvalue weighted by Gasteiger charge is -2.32. The molecular weight excluding hydrogens is 298 g/mol. The Hall–Kier alpha value is -1.70. The molecule has 1 amide bonds. The van der Waals surface area contributed by atoms with E-state index in [0.717, 1.165) is 0 Å². The number of carbonyl (C=O) groups excluding carboxylic acids is 1. The molecule has 1 aliphatic rings. The van der Waals surface area contributed by atoms with Gasteiger partial charge in [-0.1, -0.05) is 12.1 Å². The Morgan fingerprint density at radius 2 is 2.29 bits per heavy atom. The van der Waals surface area contributed by atoms with Gasteiger partial charge in [0, 0.05) is 25.2 Å². The zero-order chi connectivity index (χ0) is 14.7. The summed E-state index contributed by atoms with van der Waals surface area (Å²) in [4.78, 5) is 24.7. The van der Waals surface area contributed by atoms with Gasteiger partial charge in [0.05, 0.1) is 17.6 Å². The lowest BCUT2D eigenvalue weighted by atomic mass is 10.1. The summed E-state index contributed by atoms with van der Waals surface area (Å²) in [5, 5.41) is 11.1. The summed E-state index contributed by atoms with van der Waals surface area (Å²) >= 11 is 0. The Balaban J connectivity index is 0.00000220. The first-order valence-corrected chi connectivity index (χ1v) is 6.39. The van der Waals surface area contributed by atoms with Crippen molar-refractivity contribution in [3.8, 4) is 0 Å². The first-order valence-electron chi connectivity index (χ1n) is 6.39. The van der Waals surface area contributed by atoms with Gasteiger partial charge in [0.1, 0.15) is 5.56 Å². The smallest absolute Gasteiger partial charge is 0.285 e. The van der Waals surface area contributed by atoms with E-state index >= 15 is 0 Å². The second kappa shape index (κ2) is 7.35. The van der Waals surface area contributed by atoms with Crippen LogP contribution in [-0.4, -0.2) is 48.1 Å². The van der Waals surface area contributed by atoms with E-state index in [9.17, 15) is 14.9 Å². The van der Waals surface area contributed by atoms with E-state index in [1.165, 1.54) is 6.07 Å². The SMILES string of the molecule is Cc1cccc(C(=O)N2CCOC(CN)C2)c1[N+](=O)[O-].Cl. The number of halogens is 1. The highest BCUT2D eigenvalue weighted by Crippen LogP contribution is 2.25. The van der Waals surface area contributed by atoms with E-state index in [0.29, 0.717) is 31.8 Å². The molecule has 8 heteroatoms. The van der Waals surface area contributed by atoms with Gasteiger partial charge in [-0.25, -0.2) is 0 Å². The second-order valence-electron chi connectivity index (χ2n) is 4.71. The average molecular weight is 316 g/mol. The maximum Gasteiger partial charge on any atom is 0.285 e. The Bertz CT molecular complexity index is 538. The van der Waals surface area contributed by atoms with E-state index in [4.69, 9.17) is 10.5 Å². The predicted molar refractivity (Wildman–Crippen MR) is 79.8 cm³/mol. The molecule has 1 aliphatic heterocycles. The molecular formula is C13H18ClN3O4. The van der Waals surface area contributed by atoms with Crippen LogP contribution >= 0.6 is 12.4 Å². The van der Waals surface area contributed by atoms with Gasteiger partial charge >= 0.3 is 0 Å². The number of aryl methyl sites for hydroxylation is 1. The molecule has 1 aromatic carbocycles. The normalized spacial score (nSPS) is 18.0. The van der Waals surface area contributed by atoms with E-state index in [-0.39, 0.29) is 35.7 Å². The fourth-order valence-corrected chi connectivity index (χ4v) is 2.29. The van der Waals surface area contributed by atoms with E-state index in [2.05, 4.69) is 0 Å². The quantitative estimate of drug-likeness (QED) is 0.665. The lowest BCUT2D eigenvalue weighted by molar-refractivity contribution is -0.385. The minimum Gasteiger partial charge on any atom is -0.373 e. The van der Waals surface area contributed by atoms with Gasteiger partial charge in [-0.2, -0.15) is 0 Å². The number of nitro benzene ring substituents is 1. The highest BCUT2D eigenvalue weighted by atomic mass is 35.5. The molecule has 1 unspecified atom stereocenters. The van der Waals surface area contributed by atoms with Crippen molar-refractivity contribution >= 4 is 24.0 Å². The Kier molecular flexibility index (Phi) is 6.07. The molecule has 0 bridgehead atoms. The fraction of sp³-hybridized carbons (Fsp3) is 0.462. The Labute approximate surface area is 128 Å². The van der Waals surface area contributed by atoms with Crippen molar-refractivity contribution in [1.82, 2.24) is 4.90 Å². The third kappa shape index (κ3) is 3.69. The maximum atomic E-state index is 12.5. The summed E-state index contributed by atoms with van der Waals surface area (Å²) in [5.74, 6) is -0.345. The third-order valence-electron chi connectivity index (χ3n) is 3.34. The van der Waals surface area contributed by atoms with Gasteiger partial charge < -0.3 is 15.4 Å². The topological polar surface area (TPSA) is 98.7 Å². The van der Waals surface area contributed by atoms with Crippen molar-refractivity contribution in [2.45, 2.75) is 13.0 Å². The first kappa shape index (κ1) is 17.4. The average Bonchev–Trinajstić information content (AvgIpc) is 2.45. The number of amides is 1. The molecule has 7 nitrogen and oxygen atoms in total. The number of carbonyl (C=O) groups is 1. The Morgan fingerprint density at radius 1 is 1.57 bits per heavy atom. The number of rotatable bonds is 3. The van der Waals surface area contributed by atoms with Crippen LogP contribution in [0.5, 0.6) is 0 Å². The molecule has 21 heavy (non-hydrogen) atoms. The van der Waals surface area contributed by atoms with Crippen LogP contribution in [0.25, 0.3) is 0 Å². The summed E-state index contributed by atoms with van der Waals surface area (Å²) in [5.41, 5.74) is 6.00. The fourth-order valence-electron chi connectivity index (χ4n) is 2.29. The molecule has 0 aromatic heterocycles. The number of hydrogen-bond acceptors (Lipinski definition) is 5. The number of benzene rings is 1. The van der Waals surface area contributed by atoms with Gasteiger partial charge in [-0.15, -0.1) is 12.4 Å². The highest BCUT2D eigenvalue weighted by Gasteiger charge is 2.29. The molecule has 2 N–H and O–H groups in total. The number of para-hydroxylation sites is 1. The molecule has 0 radical (unpaired) electrons. The number of nitrogens with two attached hydrogens (primary N) is 1. The van der Waals surface area contributed by atoms with E-state index in [1.807, 2.05) is 0 Å². The monoisotopic (exact) mass is 315 g/mol. The zero-order valence-corrected chi connectivity index (χ0v) is 12.5. The van der Waals surface area contributed by atoms with Crippen LogP contribution < -0.4 is 5.73 Å². The van der Waals surface area contributed by atoms with Crippen LogP contribution in [0.1, 0.15) is 15.9 Å². The number of hydrogen-bond donors (Lipinski definition) is 1. The lowest BCUT2D eigenvalue weighted by Crippen LogP contribution is -2.48. The van der Waals surface area contributed by atoms with Crippen molar-refractivity contribution in [3.63, 3.8) is 0 Å². The standard InChI is InChI=1S/C13H17N3O4.ClH/c1-9-3-2-4-11(12(9)16(18)19)13(17)15-5-6-20-10(7-14)8-15;/h2-4,10H,5-8,14H2,1H3;1H. The number of nitrogens with zero attached hydrogens (tertiary/aromatic N) is 2. The molecule has 1 saturated heterocycles. The van der Waals surface area contributed by atoms with Crippen molar-refractivity contribution in [3.05, 3.63) is 39.4 Å². The van der Waals surface area contributed by atoms with Crippen molar-refractivity contribution in [1.29, 1.82) is 0 Å². The number of morpholine rings is 1. The molecule has 116 valence electrons. The summed E-state index contributed by atoms with van der Waals surface area (Å²) in [7, 11) is 0. The summed E-state index contributed by atoms with van der Waals surface area (Å²) in [6, 6.07) is 4.76. The maximum absolute atomic E-state index is 12.5. The van der Waals surface area contributed by atoms with E-state index in [1.54, 1.807) is 24.0 Å². The third-order valence-corrected chi connectivity index (χ3v) is 3.34. The molecule has 1 heterocycles. The molecule has 2 rings (SSSR count). The van der Waals surface area contributed by atoms with Crippen molar-refractivity contribution < 1.29 is 14.5 Å². The molecule has 0 saturated carbocycles. The van der Waals surface area contributed by atoms with Crippen LogP contribution in [-0.2, 0) is 4.74 Å². The molecule has 1 atom stereocenters. The largest absolute Gasteiger partial charge is 0.373 e. The van der Waals surface area contributed by atoms with Crippen LogP contribution in [0.4, 0.5) is 5.69 Å². The van der Waals surface area contributed by atoms with Gasteiger partial charge in [0.25, 0.3) is 11.6 Å². The number of nitro groups is 1. The van der Waals surface area contributed by atoms with Gasteiger partial charge in [-0.3, -0.25) is 14.9 Å². The van der Waals surface area contributed by atoms with Gasteiger partial charge in [0.15, 0.2) is 0 Å².